The lowest BCUT2D eigenvalue weighted by Gasteiger charge is -2.26. The van der Waals surface area contributed by atoms with Crippen molar-refractivity contribution in [1.82, 2.24) is 4.98 Å². The molecule has 0 saturated heterocycles. The highest BCUT2D eigenvalue weighted by Crippen LogP contribution is 2.35. The van der Waals surface area contributed by atoms with E-state index in [1.165, 1.54) is 6.20 Å². The molecule has 0 aromatic carbocycles. The van der Waals surface area contributed by atoms with Gasteiger partial charge in [-0.2, -0.15) is 13.2 Å². The second kappa shape index (κ2) is 6.78. The Morgan fingerprint density at radius 2 is 1.75 bits per heavy atom. The van der Waals surface area contributed by atoms with Crippen molar-refractivity contribution in [2.75, 3.05) is 11.9 Å². The number of pyridine rings is 1. The summed E-state index contributed by atoms with van der Waals surface area (Å²) in [6, 6.07) is 1.05. The average molecular weight is 353 g/mol. The van der Waals surface area contributed by atoms with Gasteiger partial charge in [-0.3, -0.25) is 0 Å². The van der Waals surface area contributed by atoms with E-state index in [1.807, 2.05) is 0 Å². The number of anilines is 1. The van der Waals surface area contributed by atoms with E-state index in [4.69, 9.17) is 0 Å². The van der Waals surface area contributed by atoms with Crippen molar-refractivity contribution in [3.05, 3.63) is 22.3 Å². The van der Waals surface area contributed by atoms with Gasteiger partial charge in [0.2, 0.25) is 0 Å². The summed E-state index contributed by atoms with van der Waals surface area (Å²) < 4.78 is 39.2. The molecule has 114 valence electrons. The average Bonchev–Trinajstić information content (AvgIpc) is 2.28. The minimum absolute atomic E-state index is 0.105. The second-order valence-electron chi connectivity index (χ2n) is 5.58. The third-order valence-corrected chi connectivity index (χ3v) is 3.81. The minimum atomic E-state index is -4.41. The Morgan fingerprint density at radius 1 is 1.20 bits per heavy atom. The molecule has 0 saturated carbocycles. The van der Waals surface area contributed by atoms with Crippen molar-refractivity contribution < 1.29 is 13.2 Å². The van der Waals surface area contributed by atoms with Crippen LogP contribution in [0, 0.1) is 17.8 Å². The lowest BCUT2D eigenvalue weighted by Crippen LogP contribution is -2.26. The molecule has 2 nitrogen and oxygen atoms in total. The molecule has 1 N–H and O–H groups in total. The summed E-state index contributed by atoms with van der Waals surface area (Å²) in [7, 11) is 0. The summed E-state index contributed by atoms with van der Waals surface area (Å²) in [5.74, 6) is 0.980. The molecule has 1 rings (SSSR count). The van der Waals surface area contributed by atoms with E-state index in [0.717, 1.165) is 6.07 Å². The van der Waals surface area contributed by atoms with Gasteiger partial charge in [-0.25, -0.2) is 4.98 Å². The van der Waals surface area contributed by atoms with Crippen LogP contribution in [0.1, 0.15) is 33.3 Å². The fraction of sp³-hybridized carbons (Fsp3) is 0.643. The summed E-state index contributed by atoms with van der Waals surface area (Å²) in [5.41, 5.74) is -0.738. The van der Waals surface area contributed by atoms with Crippen LogP contribution in [-0.4, -0.2) is 11.5 Å². The predicted molar refractivity (Wildman–Crippen MR) is 78.6 cm³/mol. The molecule has 6 heteroatoms. The Kier molecular flexibility index (Phi) is 5.86. The van der Waals surface area contributed by atoms with E-state index < -0.39 is 11.7 Å². The molecule has 0 aliphatic rings. The Hall–Kier alpha value is -0.780. The van der Waals surface area contributed by atoms with Gasteiger partial charge in [-0.1, -0.05) is 27.7 Å². The van der Waals surface area contributed by atoms with Crippen LogP contribution in [0.5, 0.6) is 0 Å². The van der Waals surface area contributed by atoms with Crippen LogP contribution in [0.15, 0.2) is 16.7 Å². The molecule has 20 heavy (non-hydrogen) atoms. The first-order valence-corrected chi connectivity index (χ1v) is 7.38. The number of alkyl halides is 3. The summed E-state index contributed by atoms with van der Waals surface area (Å²) >= 11 is 3.02. The van der Waals surface area contributed by atoms with Crippen molar-refractivity contribution in [2.24, 2.45) is 17.8 Å². The van der Waals surface area contributed by atoms with Crippen LogP contribution in [-0.2, 0) is 6.18 Å². The van der Waals surface area contributed by atoms with Gasteiger partial charge in [-0.15, -0.1) is 0 Å². The summed E-state index contributed by atoms with van der Waals surface area (Å²) in [5, 5.41) is 2.86. The zero-order valence-electron chi connectivity index (χ0n) is 12.1. The monoisotopic (exact) mass is 352 g/mol. The van der Waals surface area contributed by atoms with E-state index in [-0.39, 0.29) is 5.82 Å². The molecule has 0 radical (unpaired) electrons. The van der Waals surface area contributed by atoms with Crippen molar-refractivity contribution in [3.8, 4) is 0 Å². The lowest BCUT2D eigenvalue weighted by atomic mass is 9.85. The van der Waals surface area contributed by atoms with Gasteiger partial charge in [0.1, 0.15) is 5.82 Å². The van der Waals surface area contributed by atoms with Gasteiger partial charge in [-0.05, 0) is 39.8 Å². The van der Waals surface area contributed by atoms with Crippen LogP contribution in [0.25, 0.3) is 0 Å². The predicted octanol–water partition coefficient (Wildman–Crippen LogP) is 5.20. The highest BCUT2D eigenvalue weighted by molar-refractivity contribution is 9.10. The Bertz CT molecular complexity index is 437. The van der Waals surface area contributed by atoms with Gasteiger partial charge in [0.05, 0.1) is 5.56 Å². The van der Waals surface area contributed by atoms with Crippen LogP contribution in [0.3, 0.4) is 0 Å². The Balaban J connectivity index is 2.93. The van der Waals surface area contributed by atoms with Crippen LogP contribution in [0.2, 0.25) is 0 Å². The third-order valence-electron chi connectivity index (χ3n) is 3.38. The van der Waals surface area contributed by atoms with Crippen molar-refractivity contribution in [1.29, 1.82) is 0 Å². The molecule has 1 aromatic rings. The third kappa shape index (κ3) is 4.65. The van der Waals surface area contributed by atoms with Crippen molar-refractivity contribution in [2.45, 2.75) is 33.9 Å². The number of nitrogens with zero attached hydrogens (tertiary/aromatic N) is 1. The van der Waals surface area contributed by atoms with Crippen LogP contribution >= 0.6 is 15.9 Å². The molecule has 0 unspecified atom stereocenters. The minimum Gasteiger partial charge on any atom is -0.369 e. The quantitative estimate of drug-likeness (QED) is 0.787. The molecular weight excluding hydrogens is 333 g/mol. The molecule has 1 heterocycles. The number of aromatic nitrogens is 1. The topological polar surface area (TPSA) is 24.9 Å². The van der Waals surface area contributed by atoms with Gasteiger partial charge in [0, 0.05) is 17.2 Å². The van der Waals surface area contributed by atoms with Gasteiger partial charge < -0.3 is 5.32 Å². The molecule has 0 atom stereocenters. The summed E-state index contributed by atoms with van der Waals surface area (Å²) in [4.78, 5) is 3.86. The highest BCUT2D eigenvalue weighted by atomic mass is 79.9. The molecule has 1 aromatic heterocycles. The lowest BCUT2D eigenvalue weighted by molar-refractivity contribution is -0.137. The molecule has 0 aliphatic carbocycles. The largest absolute Gasteiger partial charge is 0.419 e. The highest BCUT2D eigenvalue weighted by Gasteiger charge is 2.35. The summed E-state index contributed by atoms with van der Waals surface area (Å²) in [6.45, 7) is 8.78. The van der Waals surface area contributed by atoms with E-state index in [1.54, 1.807) is 0 Å². The van der Waals surface area contributed by atoms with E-state index >= 15 is 0 Å². The number of rotatable bonds is 5. The molecule has 0 aliphatic heterocycles. The molecule has 0 amide bonds. The number of hydrogen-bond acceptors (Lipinski definition) is 2. The first kappa shape index (κ1) is 17.3. The van der Waals surface area contributed by atoms with Crippen LogP contribution < -0.4 is 5.32 Å². The fourth-order valence-corrected chi connectivity index (χ4v) is 2.58. The standard InChI is InChI=1S/C14H20BrF3N2/c1-8(2)11(9(3)4)7-20-13-12(14(16,17)18)5-10(15)6-19-13/h5-6,8-9,11H,7H2,1-4H3,(H,19,20). The van der Waals surface area contributed by atoms with Crippen molar-refractivity contribution in [3.63, 3.8) is 0 Å². The van der Waals surface area contributed by atoms with Crippen molar-refractivity contribution >= 4 is 21.7 Å². The first-order valence-electron chi connectivity index (χ1n) is 6.59. The van der Waals surface area contributed by atoms with Gasteiger partial charge in [0.25, 0.3) is 0 Å². The number of halogens is 4. The Morgan fingerprint density at radius 3 is 2.20 bits per heavy atom. The smallest absolute Gasteiger partial charge is 0.369 e. The maximum atomic E-state index is 13.0. The van der Waals surface area contributed by atoms with Gasteiger partial charge in [0.15, 0.2) is 0 Å². The molecule has 0 bridgehead atoms. The maximum absolute atomic E-state index is 13.0. The molecular formula is C14H20BrF3N2. The van der Waals surface area contributed by atoms with E-state index in [9.17, 15) is 13.2 Å². The van der Waals surface area contributed by atoms with Crippen LogP contribution in [0.4, 0.5) is 19.0 Å². The van der Waals surface area contributed by atoms with E-state index in [2.05, 4.69) is 53.9 Å². The fourth-order valence-electron chi connectivity index (χ4n) is 2.25. The summed E-state index contributed by atoms with van der Waals surface area (Å²) in [6.07, 6.45) is -3.04. The van der Waals surface area contributed by atoms with E-state index in [0.29, 0.717) is 28.8 Å². The second-order valence-corrected chi connectivity index (χ2v) is 6.50. The maximum Gasteiger partial charge on any atom is 0.419 e. The zero-order valence-corrected chi connectivity index (χ0v) is 13.6. The zero-order chi connectivity index (χ0) is 15.5. The Labute approximate surface area is 126 Å². The number of hydrogen-bond donors (Lipinski definition) is 1. The molecule has 0 fully saturated rings. The van der Waals surface area contributed by atoms with Gasteiger partial charge >= 0.3 is 6.18 Å². The number of nitrogens with one attached hydrogen (secondary N) is 1. The SMILES string of the molecule is CC(C)C(CNc1ncc(Br)cc1C(F)(F)F)C(C)C. The molecule has 0 spiro atoms. The first-order chi connectivity index (χ1) is 9.12. The normalized spacial score (nSPS) is 12.6.